The van der Waals surface area contributed by atoms with E-state index in [1.165, 1.54) is 12.1 Å². The van der Waals surface area contributed by atoms with Crippen LogP contribution in [0.3, 0.4) is 0 Å². The highest BCUT2D eigenvalue weighted by atomic mass is 16.6. The van der Waals surface area contributed by atoms with Crippen LogP contribution < -0.4 is 10.6 Å². The number of benzene rings is 1. The van der Waals surface area contributed by atoms with E-state index in [0.717, 1.165) is 5.56 Å². The number of aliphatic hydroxyl groups excluding tert-OH is 1. The number of hydrogen-bond acceptors (Lipinski definition) is 4. The molecule has 0 aliphatic rings. The van der Waals surface area contributed by atoms with E-state index in [4.69, 9.17) is 5.11 Å². The number of nitrogens with one attached hydrogen (secondary N) is 2. The number of urea groups is 1. The first-order valence-electron chi connectivity index (χ1n) is 4.95. The van der Waals surface area contributed by atoms with Gasteiger partial charge in [-0.3, -0.25) is 10.1 Å². The summed E-state index contributed by atoms with van der Waals surface area (Å²) in [7, 11) is 0. The number of carbonyl (C=O) groups excluding carboxylic acids is 1. The smallest absolute Gasteiger partial charge is 0.319 e. The summed E-state index contributed by atoms with van der Waals surface area (Å²) < 4.78 is 0. The molecule has 0 heterocycles. The third-order valence-corrected chi connectivity index (χ3v) is 2.00. The first-order chi connectivity index (χ1) is 8.04. The Balaban J connectivity index is 2.83. The molecule has 92 valence electrons. The van der Waals surface area contributed by atoms with Crippen LogP contribution in [-0.2, 0) is 0 Å². The third-order valence-electron chi connectivity index (χ3n) is 2.00. The number of rotatable bonds is 4. The van der Waals surface area contributed by atoms with Crippen LogP contribution in [0.4, 0.5) is 16.2 Å². The minimum Gasteiger partial charge on any atom is -0.395 e. The lowest BCUT2D eigenvalue weighted by Gasteiger charge is -2.07. The minimum absolute atomic E-state index is 0.0888. The molecule has 3 N–H and O–H groups in total. The van der Waals surface area contributed by atoms with Gasteiger partial charge in [0.05, 0.1) is 11.5 Å². The predicted octanol–water partition coefficient (Wildman–Crippen LogP) is 1.02. The van der Waals surface area contributed by atoms with Crippen LogP contribution in [-0.4, -0.2) is 29.2 Å². The molecule has 1 aromatic rings. The van der Waals surface area contributed by atoms with Crippen LogP contribution in [0, 0.1) is 17.0 Å². The number of amides is 2. The van der Waals surface area contributed by atoms with Crippen molar-refractivity contribution in [2.45, 2.75) is 6.92 Å². The Morgan fingerprint density at radius 1 is 1.53 bits per heavy atom. The fraction of sp³-hybridized carbons (Fsp3) is 0.300. The lowest BCUT2D eigenvalue weighted by Crippen LogP contribution is -2.31. The molecular weight excluding hydrogens is 226 g/mol. The molecule has 7 heteroatoms. The number of aryl methyl sites for hydroxylation is 1. The highest BCUT2D eigenvalue weighted by Crippen LogP contribution is 2.24. The van der Waals surface area contributed by atoms with E-state index in [9.17, 15) is 14.9 Å². The van der Waals surface area contributed by atoms with Crippen molar-refractivity contribution >= 4 is 17.4 Å². The van der Waals surface area contributed by atoms with E-state index in [2.05, 4.69) is 10.6 Å². The van der Waals surface area contributed by atoms with Gasteiger partial charge >= 0.3 is 6.03 Å². The molecular formula is C10H13N3O4. The summed E-state index contributed by atoms with van der Waals surface area (Å²) in [5.74, 6) is 0. The molecule has 0 aliphatic heterocycles. The lowest BCUT2D eigenvalue weighted by atomic mass is 10.2. The predicted molar refractivity (Wildman–Crippen MR) is 61.9 cm³/mol. The maximum absolute atomic E-state index is 11.3. The molecule has 2 amide bonds. The molecule has 0 radical (unpaired) electrons. The molecule has 17 heavy (non-hydrogen) atoms. The Hall–Kier alpha value is -2.15. The van der Waals surface area contributed by atoms with E-state index in [-0.39, 0.29) is 24.5 Å². The van der Waals surface area contributed by atoms with E-state index < -0.39 is 11.0 Å². The summed E-state index contributed by atoms with van der Waals surface area (Å²) in [6.45, 7) is 1.62. The van der Waals surface area contributed by atoms with Gasteiger partial charge in [-0.25, -0.2) is 4.79 Å². The number of aliphatic hydroxyl groups is 1. The summed E-state index contributed by atoms with van der Waals surface area (Å²) in [6.07, 6.45) is 0. The molecule has 0 fully saturated rings. The minimum atomic E-state index is -0.592. The van der Waals surface area contributed by atoms with E-state index >= 15 is 0 Å². The van der Waals surface area contributed by atoms with Gasteiger partial charge in [0, 0.05) is 12.6 Å². The maximum atomic E-state index is 11.3. The molecule has 0 atom stereocenters. The molecule has 1 aromatic carbocycles. The van der Waals surface area contributed by atoms with Crippen molar-refractivity contribution in [2.75, 3.05) is 18.5 Å². The topological polar surface area (TPSA) is 104 Å². The van der Waals surface area contributed by atoms with Crippen LogP contribution >= 0.6 is 0 Å². The summed E-state index contributed by atoms with van der Waals surface area (Å²) in [5, 5.41) is 24.0. The third kappa shape index (κ3) is 3.72. The Labute approximate surface area is 97.6 Å². The number of nitrogens with zero attached hydrogens (tertiary/aromatic N) is 1. The normalized spacial score (nSPS) is 9.76. The van der Waals surface area contributed by atoms with Crippen molar-refractivity contribution in [1.29, 1.82) is 0 Å². The first-order valence-corrected chi connectivity index (χ1v) is 4.95. The second-order valence-corrected chi connectivity index (χ2v) is 3.38. The van der Waals surface area contributed by atoms with Crippen molar-refractivity contribution in [1.82, 2.24) is 5.32 Å². The molecule has 0 saturated heterocycles. The summed E-state index contributed by atoms with van der Waals surface area (Å²) >= 11 is 0. The Morgan fingerprint density at radius 2 is 2.24 bits per heavy atom. The zero-order chi connectivity index (χ0) is 12.8. The Bertz CT molecular complexity index is 434. The number of carbonyl (C=O) groups is 1. The summed E-state index contributed by atoms with van der Waals surface area (Å²) in [4.78, 5) is 21.5. The number of anilines is 1. The van der Waals surface area contributed by atoms with Gasteiger partial charge in [0.15, 0.2) is 0 Å². The van der Waals surface area contributed by atoms with Crippen molar-refractivity contribution in [3.05, 3.63) is 33.9 Å². The monoisotopic (exact) mass is 239 g/mol. The standard InChI is InChI=1S/C10H13N3O4/c1-7-2-3-8(9(6-7)13(16)17)12-10(15)11-4-5-14/h2-3,6,14H,4-5H2,1H3,(H2,11,12,15). The number of nitro benzene ring substituents is 1. The largest absolute Gasteiger partial charge is 0.395 e. The maximum Gasteiger partial charge on any atom is 0.319 e. The average molecular weight is 239 g/mol. The van der Waals surface area contributed by atoms with E-state index in [1.54, 1.807) is 13.0 Å². The molecule has 0 unspecified atom stereocenters. The molecule has 0 aliphatic carbocycles. The zero-order valence-corrected chi connectivity index (χ0v) is 9.27. The van der Waals surface area contributed by atoms with Gasteiger partial charge in [-0.05, 0) is 18.6 Å². The Morgan fingerprint density at radius 3 is 2.82 bits per heavy atom. The molecule has 0 saturated carbocycles. The van der Waals surface area contributed by atoms with Crippen molar-refractivity contribution in [2.24, 2.45) is 0 Å². The van der Waals surface area contributed by atoms with Gasteiger partial charge in [0.25, 0.3) is 5.69 Å². The van der Waals surface area contributed by atoms with Crippen molar-refractivity contribution in [3.63, 3.8) is 0 Å². The quantitative estimate of drug-likeness (QED) is 0.538. The zero-order valence-electron chi connectivity index (χ0n) is 9.27. The number of hydrogen-bond donors (Lipinski definition) is 3. The fourth-order valence-corrected chi connectivity index (χ4v) is 1.23. The van der Waals surface area contributed by atoms with Crippen LogP contribution in [0.1, 0.15) is 5.56 Å². The van der Waals surface area contributed by atoms with Crippen molar-refractivity contribution < 1.29 is 14.8 Å². The summed E-state index contributed by atoms with van der Waals surface area (Å²) in [6, 6.07) is 3.91. The second-order valence-electron chi connectivity index (χ2n) is 3.38. The van der Waals surface area contributed by atoms with Crippen LogP contribution in [0.5, 0.6) is 0 Å². The van der Waals surface area contributed by atoms with Crippen molar-refractivity contribution in [3.8, 4) is 0 Å². The van der Waals surface area contributed by atoms with Gasteiger partial charge in [-0.1, -0.05) is 6.07 Å². The SMILES string of the molecule is Cc1ccc(NC(=O)NCCO)c([N+](=O)[O-])c1. The second kappa shape index (κ2) is 5.80. The molecule has 0 aromatic heterocycles. The molecule has 1 rings (SSSR count). The number of nitro groups is 1. The molecule has 0 bridgehead atoms. The highest BCUT2D eigenvalue weighted by molar-refractivity contribution is 5.91. The van der Waals surface area contributed by atoms with Gasteiger partial charge in [0.2, 0.25) is 0 Å². The highest BCUT2D eigenvalue weighted by Gasteiger charge is 2.15. The van der Waals surface area contributed by atoms with Crippen LogP contribution in [0.2, 0.25) is 0 Å². The van der Waals surface area contributed by atoms with Gasteiger partial charge in [-0.2, -0.15) is 0 Å². The van der Waals surface area contributed by atoms with E-state index in [1.807, 2.05) is 0 Å². The van der Waals surface area contributed by atoms with Gasteiger partial charge in [-0.15, -0.1) is 0 Å². The van der Waals surface area contributed by atoms with E-state index in [0.29, 0.717) is 0 Å². The van der Waals surface area contributed by atoms with Gasteiger partial charge in [0.1, 0.15) is 5.69 Å². The van der Waals surface area contributed by atoms with Crippen LogP contribution in [0.25, 0.3) is 0 Å². The molecule has 7 nitrogen and oxygen atoms in total. The van der Waals surface area contributed by atoms with Crippen LogP contribution in [0.15, 0.2) is 18.2 Å². The fourth-order valence-electron chi connectivity index (χ4n) is 1.23. The first kappa shape index (κ1) is 12.9. The Kier molecular flexibility index (Phi) is 4.41. The lowest BCUT2D eigenvalue weighted by molar-refractivity contribution is -0.384. The summed E-state index contributed by atoms with van der Waals surface area (Å²) in [5.41, 5.74) is 0.693. The van der Waals surface area contributed by atoms with Gasteiger partial charge < -0.3 is 15.7 Å². The average Bonchev–Trinajstić information content (AvgIpc) is 2.28. The molecule has 0 spiro atoms.